The van der Waals surface area contributed by atoms with E-state index in [0.29, 0.717) is 45.8 Å². The minimum absolute atomic E-state index is 0.130. The van der Waals surface area contributed by atoms with E-state index in [-0.39, 0.29) is 37.1 Å². The van der Waals surface area contributed by atoms with Crippen molar-refractivity contribution in [2.45, 2.75) is 88.1 Å². The van der Waals surface area contributed by atoms with Crippen molar-refractivity contribution in [3.8, 4) is 0 Å². The maximum atomic E-state index is 13.4. The Bertz CT molecular complexity index is 1850. The fourth-order valence-electron chi connectivity index (χ4n) is 7.65. The lowest BCUT2D eigenvalue weighted by atomic mass is 9.89. The average Bonchev–Trinajstić information content (AvgIpc) is 3.22. The molecule has 0 aliphatic carbocycles. The molecule has 0 spiro atoms. The Kier molecular flexibility index (Phi) is 16.8. The number of aliphatic hydroxyl groups excluding tert-OH is 2. The minimum Gasteiger partial charge on any atom is -0.394 e. The molecular formula is C46H50Cl4N2O6. The fraction of sp³-hybridized carbons (Fsp3) is 0.348. The van der Waals surface area contributed by atoms with Crippen LogP contribution in [0.3, 0.4) is 0 Å². The second-order valence-electron chi connectivity index (χ2n) is 14.2. The van der Waals surface area contributed by atoms with Gasteiger partial charge in [0.1, 0.15) is 24.4 Å². The van der Waals surface area contributed by atoms with Crippen molar-refractivity contribution < 1.29 is 29.3 Å². The second-order valence-corrected chi connectivity index (χ2v) is 16.0. The van der Waals surface area contributed by atoms with Gasteiger partial charge in [0, 0.05) is 32.9 Å². The lowest BCUT2D eigenvalue weighted by molar-refractivity contribution is -0.180. The zero-order chi connectivity index (χ0) is 41.9. The third-order valence-corrected chi connectivity index (χ3v) is 11.5. The van der Waals surface area contributed by atoms with E-state index in [4.69, 9.17) is 55.9 Å². The highest BCUT2D eigenvalue weighted by molar-refractivity contribution is 6.31. The Morgan fingerprint density at radius 2 is 0.948 bits per heavy atom. The van der Waals surface area contributed by atoms with Crippen LogP contribution >= 0.6 is 46.4 Å². The fourth-order valence-corrected chi connectivity index (χ4v) is 8.30. The largest absolute Gasteiger partial charge is 0.394 e. The number of morpholine rings is 2. The lowest BCUT2D eigenvalue weighted by Crippen LogP contribution is -2.55. The molecule has 308 valence electrons. The molecule has 2 heterocycles. The molecule has 8 nitrogen and oxygen atoms in total. The van der Waals surface area contributed by atoms with Gasteiger partial charge in [0.2, 0.25) is 0 Å². The highest BCUT2D eigenvalue weighted by Gasteiger charge is 2.47. The quantitative estimate of drug-likeness (QED) is 0.123. The van der Waals surface area contributed by atoms with Gasteiger partial charge in [-0.3, -0.25) is 9.59 Å². The predicted molar refractivity (Wildman–Crippen MR) is 232 cm³/mol. The van der Waals surface area contributed by atoms with Gasteiger partial charge in [-0.15, -0.1) is 13.2 Å². The normalized spacial score (nSPS) is 23.1. The molecule has 2 saturated heterocycles. The Morgan fingerprint density at radius 1 is 0.586 bits per heavy atom. The number of amides is 2. The van der Waals surface area contributed by atoms with Gasteiger partial charge < -0.3 is 29.5 Å². The molecule has 4 aromatic carbocycles. The molecule has 0 saturated carbocycles. The highest BCUT2D eigenvalue weighted by atomic mass is 35.5. The Hall–Kier alpha value is -3.70. The van der Waals surface area contributed by atoms with Crippen LogP contribution in [0.25, 0.3) is 0 Å². The molecule has 8 atom stereocenters. The molecule has 2 fully saturated rings. The number of halogens is 4. The van der Waals surface area contributed by atoms with Crippen LogP contribution < -0.4 is 0 Å². The number of ether oxygens (including phenoxy) is 2. The molecule has 2 N–H and O–H groups in total. The highest BCUT2D eigenvalue weighted by Crippen LogP contribution is 2.46. The van der Waals surface area contributed by atoms with Crippen LogP contribution in [0.4, 0.5) is 0 Å². The van der Waals surface area contributed by atoms with Crippen molar-refractivity contribution in [2.75, 3.05) is 13.2 Å². The van der Waals surface area contributed by atoms with Gasteiger partial charge in [0.25, 0.3) is 11.8 Å². The van der Waals surface area contributed by atoms with Gasteiger partial charge in [0.15, 0.2) is 0 Å². The topological polar surface area (TPSA) is 99.5 Å². The first-order chi connectivity index (χ1) is 28.0. The maximum Gasteiger partial charge on any atom is 0.253 e. The van der Waals surface area contributed by atoms with E-state index in [9.17, 15) is 19.8 Å². The van der Waals surface area contributed by atoms with E-state index in [1.807, 2.05) is 74.5 Å². The SMILES string of the molecule is C=CC[C@@H]1O[C@H](c2cccc(Cl)c2)[C@@H](c2ccc(Cl)cc2)N([C@@H](CC)CO)C1=O.C=CC[C@H]1O[C@H](c2cccc(Cl)c2)[C@@H](c2ccc(Cl)cc2)N([C@@H](CC)CO)C1=O. The summed E-state index contributed by atoms with van der Waals surface area (Å²) in [6, 6.07) is 28.2. The number of carbonyl (C=O) groups excluding carboxylic acids is 2. The second kappa shape index (κ2) is 21.5. The molecule has 2 amide bonds. The molecule has 0 aromatic heterocycles. The van der Waals surface area contributed by atoms with Crippen LogP contribution in [-0.2, 0) is 19.1 Å². The van der Waals surface area contributed by atoms with Crippen molar-refractivity contribution in [3.63, 3.8) is 0 Å². The minimum atomic E-state index is -0.666. The maximum absolute atomic E-state index is 13.4. The molecule has 0 radical (unpaired) electrons. The number of hydrogen-bond donors (Lipinski definition) is 2. The Labute approximate surface area is 361 Å². The van der Waals surface area contributed by atoms with Crippen molar-refractivity contribution in [1.29, 1.82) is 0 Å². The number of hydrogen-bond acceptors (Lipinski definition) is 6. The van der Waals surface area contributed by atoms with Crippen molar-refractivity contribution in [3.05, 3.63) is 165 Å². The van der Waals surface area contributed by atoms with Crippen LogP contribution in [0.2, 0.25) is 20.1 Å². The molecule has 12 heteroatoms. The summed E-state index contributed by atoms with van der Waals surface area (Å²) in [5.41, 5.74) is 3.52. The molecule has 2 aliphatic rings. The van der Waals surface area contributed by atoms with Crippen LogP contribution in [0.5, 0.6) is 0 Å². The molecule has 2 aliphatic heterocycles. The monoisotopic (exact) mass is 866 g/mol. The van der Waals surface area contributed by atoms with E-state index in [0.717, 1.165) is 22.3 Å². The number of carbonyl (C=O) groups is 2. The van der Waals surface area contributed by atoms with Crippen LogP contribution in [0, 0.1) is 0 Å². The van der Waals surface area contributed by atoms with Gasteiger partial charge in [-0.2, -0.15) is 0 Å². The summed E-state index contributed by atoms with van der Waals surface area (Å²) < 4.78 is 12.6. The van der Waals surface area contributed by atoms with Crippen molar-refractivity contribution in [2.24, 2.45) is 0 Å². The lowest BCUT2D eigenvalue weighted by Gasteiger charge is -2.47. The number of benzene rings is 4. The standard InChI is InChI=1S/2C23H25Cl2NO3/c2*1-3-6-20-23(28)26(19(4-2)14-27)21(15-9-11-17(24)12-10-15)22(29-20)16-7-5-8-18(25)13-16/h2*3,5,7-13,19-22,27H,1,4,6,14H2,2H3/t19-,20+,21+,22+;19-,20-,21+,22+/m00/s1. The van der Waals surface area contributed by atoms with E-state index in [1.165, 1.54) is 0 Å². The summed E-state index contributed by atoms with van der Waals surface area (Å²) in [5, 5.41) is 22.5. The molecule has 0 bridgehead atoms. The van der Waals surface area contributed by atoms with Gasteiger partial charge in [-0.1, -0.05) is 121 Å². The summed E-state index contributed by atoms with van der Waals surface area (Å²) in [6.07, 6.45) is 3.16. The number of aliphatic hydroxyl groups is 2. The zero-order valence-corrected chi connectivity index (χ0v) is 35.6. The molecule has 0 unspecified atom stereocenters. The first-order valence-electron chi connectivity index (χ1n) is 19.4. The van der Waals surface area contributed by atoms with Crippen molar-refractivity contribution in [1.82, 2.24) is 9.80 Å². The summed E-state index contributed by atoms with van der Waals surface area (Å²) in [6.45, 7) is 11.2. The van der Waals surface area contributed by atoms with Crippen LogP contribution in [0.15, 0.2) is 122 Å². The van der Waals surface area contributed by atoms with E-state index in [2.05, 4.69) is 13.2 Å². The van der Waals surface area contributed by atoms with Crippen molar-refractivity contribution >= 4 is 58.2 Å². The molecular weight excluding hydrogens is 818 g/mol. The third kappa shape index (κ3) is 10.5. The van der Waals surface area contributed by atoms with Crippen LogP contribution in [0.1, 0.15) is 86.1 Å². The van der Waals surface area contributed by atoms with Gasteiger partial charge in [-0.25, -0.2) is 0 Å². The average molecular weight is 869 g/mol. The number of nitrogens with zero attached hydrogens (tertiary/aromatic N) is 2. The molecule has 58 heavy (non-hydrogen) atoms. The first kappa shape index (κ1) is 45.4. The third-order valence-electron chi connectivity index (χ3n) is 10.5. The number of rotatable bonds is 14. The predicted octanol–water partition coefficient (Wildman–Crippen LogP) is 10.7. The van der Waals surface area contributed by atoms with Gasteiger partial charge >= 0.3 is 0 Å². The van der Waals surface area contributed by atoms with Gasteiger partial charge in [0.05, 0.1) is 37.4 Å². The smallest absolute Gasteiger partial charge is 0.253 e. The Balaban J connectivity index is 0.000000221. The summed E-state index contributed by atoms with van der Waals surface area (Å²) in [7, 11) is 0. The summed E-state index contributed by atoms with van der Waals surface area (Å²) in [4.78, 5) is 30.3. The van der Waals surface area contributed by atoms with E-state index in [1.54, 1.807) is 58.4 Å². The van der Waals surface area contributed by atoms with E-state index < -0.39 is 36.5 Å². The molecule has 6 rings (SSSR count). The summed E-state index contributed by atoms with van der Waals surface area (Å²) in [5.74, 6) is -0.298. The zero-order valence-electron chi connectivity index (χ0n) is 32.6. The Morgan fingerprint density at radius 3 is 1.24 bits per heavy atom. The summed E-state index contributed by atoms with van der Waals surface area (Å²) >= 11 is 24.7. The first-order valence-corrected chi connectivity index (χ1v) is 20.9. The van der Waals surface area contributed by atoms with E-state index >= 15 is 0 Å². The molecule has 4 aromatic rings. The van der Waals surface area contributed by atoms with Crippen LogP contribution in [-0.4, -0.2) is 69.3 Å². The van der Waals surface area contributed by atoms with Gasteiger partial charge in [-0.05, 0) is 83.6 Å².